The molecule has 0 aliphatic carbocycles. The fourth-order valence-electron chi connectivity index (χ4n) is 2.14. The molecule has 0 fully saturated rings. The molecule has 1 aromatic heterocycles. The summed E-state index contributed by atoms with van der Waals surface area (Å²) in [5, 5.41) is 0.0488. The molecule has 0 aliphatic heterocycles. The Morgan fingerprint density at radius 1 is 1.30 bits per heavy atom. The van der Waals surface area contributed by atoms with Crippen LogP contribution < -0.4 is 4.90 Å². The summed E-state index contributed by atoms with van der Waals surface area (Å²) in [6.07, 6.45) is 2.16. The fraction of sp³-hybridized carbons (Fsp3) is 0.333. The van der Waals surface area contributed by atoms with Gasteiger partial charge in [0.15, 0.2) is 5.82 Å². The molecule has 0 N–H and O–H groups in total. The number of hydrogen-bond acceptors (Lipinski definition) is 3. The van der Waals surface area contributed by atoms with E-state index in [-0.39, 0.29) is 11.0 Å². The van der Waals surface area contributed by atoms with Crippen LogP contribution >= 0.6 is 11.6 Å². The van der Waals surface area contributed by atoms with Crippen molar-refractivity contribution in [3.63, 3.8) is 0 Å². The van der Waals surface area contributed by atoms with Gasteiger partial charge in [-0.05, 0) is 37.1 Å². The third kappa shape index (κ3) is 3.25. The van der Waals surface area contributed by atoms with Crippen molar-refractivity contribution in [3.8, 4) is 11.3 Å². The minimum absolute atomic E-state index is 0.0488. The molecule has 5 heteroatoms. The van der Waals surface area contributed by atoms with E-state index in [2.05, 4.69) is 28.7 Å². The molecule has 1 heterocycles. The van der Waals surface area contributed by atoms with Crippen molar-refractivity contribution >= 4 is 17.3 Å². The molecule has 0 radical (unpaired) electrons. The highest BCUT2D eigenvalue weighted by atomic mass is 35.5. The average Bonchev–Trinajstić information content (AvgIpc) is 2.47. The maximum atomic E-state index is 13.8. The van der Waals surface area contributed by atoms with Crippen molar-refractivity contribution in [1.82, 2.24) is 9.97 Å². The van der Waals surface area contributed by atoms with Crippen LogP contribution in [0.2, 0.25) is 5.28 Å². The molecule has 0 aliphatic rings. The Balaban J connectivity index is 2.41. The average molecular weight is 294 g/mol. The Labute approximate surface area is 123 Å². The maximum absolute atomic E-state index is 13.8. The SMILES string of the molecule is CCCN(CC)c1cccc(-c2nc(Cl)ncc2F)c1. The zero-order chi connectivity index (χ0) is 14.5. The van der Waals surface area contributed by atoms with Crippen LogP contribution in [-0.4, -0.2) is 23.1 Å². The molecule has 0 saturated carbocycles. The van der Waals surface area contributed by atoms with Gasteiger partial charge >= 0.3 is 0 Å². The summed E-state index contributed by atoms with van der Waals surface area (Å²) in [4.78, 5) is 9.85. The summed E-state index contributed by atoms with van der Waals surface area (Å²) < 4.78 is 13.8. The molecular weight excluding hydrogens is 277 g/mol. The smallest absolute Gasteiger partial charge is 0.223 e. The van der Waals surface area contributed by atoms with Crippen molar-refractivity contribution < 1.29 is 4.39 Å². The Kier molecular flexibility index (Phi) is 4.90. The number of hydrogen-bond donors (Lipinski definition) is 0. The summed E-state index contributed by atoms with van der Waals surface area (Å²) >= 11 is 5.75. The molecule has 0 unspecified atom stereocenters. The van der Waals surface area contributed by atoms with Gasteiger partial charge in [-0.1, -0.05) is 19.1 Å². The van der Waals surface area contributed by atoms with Crippen molar-refractivity contribution in [2.24, 2.45) is 0 Å². The van der Waals surface area contributed by atoms with Crippen molar-refractivity contribution in [2.75, 3.05) is 18.0 Å². The van der Waals surface area contributed by atoms with E-state index in [1.165, 1.54) is 0 Å². The Bertz CT molecular complexity index is 589. The summed E-state index contributed by atoms with van der Waals surface area (Å²) in [7, 11) is 0. The first-order chi connectivity index (χ1) is 9.65. The van der Waals surface area contributed by atoms with E-state index in [4.69, 9.17) is 11.6 Å². The van der Waals surface area contributed by atoms with Gasteiger partial charge in [-0.2, -0.15) is 0 Å². The Morgan fingerprint density at radius 2 is 2.10 bits per heavy atom. The second-order valence-electron chi connectivity index (χ2n) is 4.47. The van der Waals surface area contributed by atoms with Gasteiger partial charge in [0.1, 0.15) is 5.69 Å². The van der Waals surface area contributed by atoms with E-state index in [0.29, 0.717) is 5.56 Å². The highest BCUT2D eigenvalue weighted by Crippen LogP contribution is 2.26. The number of nitrogens with zero attached hydrogens (tertiary/aromatic N) is 3. The van der Waals surface area contributed by atoms with Crippen LogP contribution in [0.1, 0.15) is 20.3 Å². The first-order valence-corrected chi connectivity index (χ1v) is 7.07. The van der Waals surface area contributed by atoms with Gasteiger partial charge in [0, 0.05) is 24.3 Å². The second-order valence-corrected chi connectivity index (χ2v) is 4.80. The number of rotatable bonds is 5. The third-order valence-electron chi connectivity index (χ3n) is 3.07. The van der Waals surface area contributed by atoms with Crippen LogP contribution in [0.4, 0.5) is 10.1 Å². The number of aromatic nitrogens is 2. The van der Waals surface area contributed by atoms with Crippen LogP contribution in [0.25, 0.3) is 11.3 Å². The topological polar surface area (TPSA) is 29.0 Å². The van der Waals surface area contributed by atoms with Gasteiger partial charge in [-0.3, -0.25) is 0 Å². The van der Waals surface area contributed by atoms with Crippen molar-refractivity contribution in [2.45, 2.75) is 20.3 Å². The van der Waals surface area contributed by atoms with Gasteiger partial charge in [-0.25, -0.2) is 14.4 Å². The lowest BCUT2D eigenvalue weighted by atomic mass is 10.1. The predicted octanol–water partition coefficient (Wildman–Crippen LogP) is 4.17. The Hall–Kier alpha value is -1.68. The zero-order valence-corrected chi connectivity index (χ0v) is 12.4. The van der Waals surface area contributed by atoms with Gasteiger partial charge in [0.25, 0.3) is 0 Å². The van der Waals surface area contributed by atoms with E-state index in [0.717, 1.165) is 31.4 Å². The molecule has 0 bridgehead atoms. The third-order valence-corrected chi connectivity index (χ3v) is 3.26. The van der Waals surface area contributed by atoms with E-state index >= 15 is 0 Å². The normalized spacial score (nSPS) is 10.6. The summed E-state index contributed by atoms with van der Waals surface area (Å²) in [6.45, 7) is 6.11. The van der Waals surface area contributed by atoms with Crippen LogP contribution in [0.3, 0.4) is 0 Å². The standard InChI is InChI=1S/C15H17ClFN3/c1-3-8-20(4-2)12-7-5-6-11(9-12)14-13(17)10-18-15(16)19-14/h5-7,9-10H,3-4,8H2,1-2H3. The monoisotopic (exact) mass is 293 g/mol. The van der Waals surface area contributed by atoms with E-state index in [1.54, 1.807) is 0 Å². The van der Waals surface area contributed by atoms with E-state index < -0.39 is 5.82 Å². The minimum Gasteiger partial charge on any atom is -0.372 e. The van der Waals surface area contributed by atoms with Crippen molar-refractivity contribution in [1.29, 1.82) is 0 Å². The molecule has 0 atom stereocenters. The minimum atomic E-state index is -0.468. The van der Waals surface area contributed by atoms with Gasteiger partial charge in [0.05, 0.1) is 6.20 Å². The second kappa shape index (κ2) is 6.66. The van der Waals surface area contributed by atoms with Gasteiger partial charge in [-0.15, -0.1) is 0 Å². The lowest BCUT2D eigenvalue weighted by Gasteiger charge is -2.23. The largest absolute Gasteiger partial charge is 0.372 e. The zero-order valence-electron chi connectivity index (χ0n) is 11.6. The van der Waals surface area contributed by atoms with Gasteiger partial charge < -0.3 is 4.90 Å². The number of halogens is 2. The maximum Gasteiger partial charge on any atom is 0.223 e. The number of anilines is 1. The summed E-state index contributed by atoms with van der Waals surface area (Å²) in [6, 6.07) is 7.67. The molecule has 2 aromatic rings. The molecule has 2 rings (SSSR count). The highest BCUT2D eigenvalue weighted by Gasteiger charge is 2.11. The molecule has 0 amide bonds. The Morgan fingerprint density at radius 3 is 2.80 bits per heavy atom. The van der Waals surface area contributed by atoms with E-state index in [9.17, 15) is 4.39 Å². The van der Waals surface area contributed by atoms with Gasteiger partial charge in [0.2, 0.25) is 5.28 Å². The molecule has 3 nitrogen and oxygen atoms in total. The lowest BCUT2D eigenvalue weighted by Crippen LogP contribution is -2.23. The van der Waals surface area contributed by atoms with Crippen molar-refractivity contribution in [3.05, 3.63) is 41.6 Å². The molecule has 0 spiro atoms. The van der Waals surface area contributed by atoms with Crippen LogP contribution in [0, 0.1) is 5.82 Å². The first-order valence-electron chi connectivity index (χ1n) is 6.69. The molecular formula is C15H17ClFN3. The van der Waals surface area contributed by atoms with E-state index in [1.807, 2.05) is 24.3 Å². The molecule has 20 heavy (non-hydrogen) atoms. The predicted molar refractivity (Wildman–Crippen MR) is 80.6 cm³/mol. The fourth-order valence-corrected chi connectivity index (χ4v) is 2.27. The first kappa shape index (κ1) is 14.7. The summed E-state index contributed by atoms with van der Waals surface area (Å²) in [5.41, 5.74) is 2.00. The summed E-state index contributed by atoms with van der Waals surface area (Å²) in [5.74, 6) is -0.468. The van der Waals surface area contributed by atoms with Crippen LogP contribution in [0.15, 0.2) is 30.5 Å². The molecule has 0 saturated heterocycles. The quantitative estimate of drug-likeness (QED) is 0.775. The van der Waals surface area contributed by atoms with Crippen LogP contribution in [0.5, 0.6) is 0 Å². The lowest BCUT2D eigenvalue weighted by molar-refractivity contribution is 0.618. The van der Waals surface area contributed by atoms with Crippen LogP contribution in [-0.2, 0) is 0 Å². The molecule has 1 aromatic carbocycles. The number of benzene rings is 1. The molecule has 106 valence electrons. The highest BCUT2D eigenvalue weighted by molar-refractivity contribution is 6.28.